The molecule has 1 aliphatic rings. The number of nitrogens with two attached hydrogens (primary N) is 1. The first-order valence-corrected chi connectivity index (χ1v) is 6.47. The first-order chi connectivity index (χ1) is 9.26. The van der Waals surface area contributed by atoms with Crippen molar-refractivity contribution in [1.29, 1.82) is 0 Å². The molecule has 6 heteroatoms. The number of anilines is 1. The predicted octanol–water partition coefficient (Wildman–Crippen LogP) is 1.90. The van der Waals surface area contributed by atoms with Gasteiger partial charge in [0, 0.05) is 0 Å². The van der Waals surface area contributed by atoms with Gasteiger partial charge in [-0.15, -0.1) is 5.10 Å². The summed E-state index contributed by atoms with van der Waals surface area (Å²) in [5.41, 5.74) is 7.37. The standard InChI is InChI=1S/C13H17N5O/c1-3-8-7-11(8)18-13(15-16-17-18)9-5-4-6-10(14)12(9)19-2/h4-6,8,11H,3,7,14H2,1-2H3. The second-order valence-electron chi connectivity index (χ2n) is 4.85. The summed E-state index contributed by atoms with van der Waals surface area (Å²) in [7, 11) is 1.61. The Morgan fingerprint density at radius 2 is 2.32 bits per heavy atom. The van der Waals surface area contributed by atoms with Crippen LogP contribution >= 0.6 is 0 Å². The van der Waals surface area contributed by atoms with Crippen molar-refractivity contribution in [3.05, 3.63) is 18.2 Å². The molecule has 0 saturated heterocycles. The van der Waals surface area contributed by atoms with Gasteiger partial charge in [0.2, 0.25) is 0 Å². The van der Waals surface area contributed by atoms with Crippen molar-refractivity contribution in [1.82, 2.24) is 20.2 Å². The van der Waals surface area contributed by atoms with Gasteiger partial charge in [0.15, 0.2) is 11.6 Å². The molecule has 1 aromatic heterocycles. The van der Waals surface area contributed by atoms with Crippen molar-refractivity contribution < 1.29 is 4.74 Å². The number of methoxy groups -OCH3 is 1. The molecule has 0 radical (unpaired) electrons. The number of para-hydroxylation sites is 1. The minimum absolute atomic E-state index is 0.404. The molecule has 2 atom stereocenters. The number of hydrogen-bond donors (Lipinski definition) is 1. The molecule has 19 heavy (non-hydrogen) atoms. The molecule has 2 unspecified atom stereocenters. The number of nitrogens with zero attached hydrogens (tertiary/aromatic N) is 4. The minimum atomic E-state index is 0.404. The minimum Gasteiger partial charge on any atom is -0.494 e. The Hall–Kier alpha value is -2.11. The number of rotatable bonds is 4. The van der Waals surface area contributed by atoms with E-state index < -0.39 is 0 Å². The molecule has 2 aromatic rings. The van der Waals surface area contributed by atoms with Gasteiger partial charge in [0.25, 0.3) is 0 Å². The third-order valence-electron chi connectivity index (χ3n) is 3.71. The molecule has 1 saturated carbocycles. The van der Waals surface area contributed by atoms with Crippen molar-refractivity contribution in [2.24, 2.45) is 5.92 Å². The first kappa shape index (κ1) is 12.0. The summed E-state index contributed by atoms with van der Waals surface area (Å²) in [6.45, 7) is 2.19. The van der Waals surface area contributed by atoms with Crippen molar-refractivity contribution in [2.45, 2.75) is 25.8 Å². The van der Waals surface area contributed by atoms with Crippen LogP contribution in [0.15, 0.2) is 18.2 Å². The quantitative estimate of drug-likeness (QED) is 0.848. The van der Waals surface area contributed by atoms with Crippen LogP contribution < -0.4 is 10.5 Å². The van der Waals surface area contributed by atoms with E-state index in [0.29, 0.717) is 23.4 Å². The molecule has 1 fully saturated rings. The van der Waals surface area contributed by atoms with Crippen LogP contribution in [0.4, 0.5) is 5.69 Å². The third kappa shape index (κ3) is 1.93. The number of hydrogen-bond acceptors (Lipinski definition) is 5. The van der Waals surface area contributed by atoms with Crippen LogP contribution in [0.2, 0.25) is 0 Å². The van der Waals surface area contributed by atoms with Gasteiger partial charge in [-0.2, -0.15) is 0 Å². The van der Waals surface area contributed by atoms with Crippen molar-refractivity contribution in [3.8, 4) is 17.1 Å². The topological polar surface area (TPSA) is 78.9 Å². The summed E-state index contributed by atoms with van der Waals surface area (Å²) >= 11 is 0. The second kappa shape index (κ2) is 4.53. The Balaban J connectivity index is 2.04. The van der Waals surface area contributed by atoms with E-state index in [0.717, 1.165) is 24.2 Å². The lowest BCUT2D eigenvalue weighted by Gasteiger charge is -2.10. The molecule has 0 bridgehead atoms. The average Bonchev–Trinajstić information content (AvgIpc) is 3.05. The molecule has 6 nitrogen and oxygen atoms in total. The van der Waals surface area contributed by atoms with Crippen LogP contribution in [0.1, 0.15) is 25.8 Å². The van der Waals surface area contributed by atoms with Crippen LogP contribution in [-0.4, -0.2) is 27.3 Å². The Morgan fingerprint density at radius 3 is 3.00 bits per heavy atom. The highest BCUT2D eigenvalue weighted by Crippen LogP contribution is 2.47. The Bertz CT molecular complexity index is 594. The zero-order valence-corrected chi connectivity index (χ0v) is 11.1. The maximum absolute atomic E-state index is 5.93. The lowest BCUT2D eigenvalue weighted by atomic mass is 10.1. The highest BCUT2D eigenvalue weighted by Gasteiger charge is 2.40. The van der Waals surface area contributed by atoms with Crippen LogP contribution in [0.25, 0.3) is 11.4 Å². The predicted molar refractivity (Wildman–Crippen MR) is 71.7 cm³/mol. The number of nitrogen functional groups attached to an aromatic ring is 1. The van der Waals surface area contributed by atoms with E-state index in [4.69, 9.17) is 10.5 Å². The smallest absolute Gasteiger partial charge is 0.186 e. The summed E-state index contributed by atoms with van der Waals surface area (Å²) in [4.78, 5) is 0. The summed E-state index contributed by atoms with van der Waals surface area (Å²) in [6, 6.07) is 6.03. The Labute approximate surface area is 111 Å². The van der Waals surface area contributed by atoms with E-state index in [2.05, 4.69) is 22.4 Å². The van der Waals surface area contributed by atoms with Gasteiger partial charge in [-0.05, 0) is 34.9 Å². The fourth-order valence-corrected chi connectivity index (χ4v) is 2.52. The van der Waals surface area contributed by atoms with Crippen molar-refractivity contribution >= 4 is 5.69 Å². The molecular formula is C13H17N5O. The lowest BCUT2D eigenvalue weighted by Crippen LogP contribution is -2.03. The van der Waals surface area contributed by atoms with E-state index >= 15 is 0 Å². The molecule has 0 aliphatic heterocycles. The summed E-state index contributed by atoms with van der Waals surface area (Å²) < 4.78 is 7.27. The number of benzene rings is 1. The Morgan fingerprint density at radius 1 is 1.47 bits per heavy atom. The maximum Gasteiger partial charge on any atom is 0.186 e. The number of tetrazole rings is 1. The van der Waals surface area contributed by atoms with E-state index in [9.17, 15) is 0 Å². The van der Waals surface area contributed by atoms with Gasteiger partial charge in [0.1, 0.15) is 0 Å². The monoisotopic (exact) mass is 259 g/mol. The highest BCUT2D eigenvalue weighted by atomic mass is 16.5. The third-order valence-corrected chi connectivity index (χ3v) is 3.71. The molecule has 0 amide bonds. The molecule has 0 spiro atoms. The molecule has 2 N–H and O–H groups in total. The van der Waals surface area contributed by atoms with E-state index in [1.165, 1.54) is 0 Å². The summed E-state index contributed by atoms with van der Waals surface area (Å²) in [6.07, 6.45) is 2.29. The van der Waals surface area contributed by atoms with E-state index in [1.807, 2.05) is 22.9 Å². The normalized spacial score (nSPS) is 21.4. The SMILES string of the molecule is CCC1CC1n1nnnc1-c1cccc(N)c1OC. The summed E-state index contributed by atoms with van der Waals surface area (Å²) in [5, 5.41) is 12.0. The van der Waals surface area contributed by atoms with Crippen LogP contribution in [-0.2, 0) is 0 Å². The van der Waals surface area contributed by atoms with Crippen LogP contribution in [0.3, 0.4) is 0 Å². The van der Waals surface area contributed by atoms with Gasteiger partial charge in [0.05, 0.1) is 24.4 Å². The second-order valence-corrected chi connectivity index (χ2v) is 4.85. The molecule has 100 valence electrons. The number of aromatic nitrogens is 4. The zero-order chi connectivity index (χ0) is 13.4. The maximum atomic E-state index is 5.93. The molecule has 1 aromatic carbocycles. The fourth-order valence-electron chi connectivity index (χ4n) is 2.52. The molecular weight excluding hydrogens is 242 g/mol. The lowest BCUT2D eigenvalue weighted by molar-refractivity contribution is 0.417. The molecule has 1 heterocycles. The molecule has 1 aliphatic carbocycles. The van der Waals surface area contributed by atoms with Gasteiger partial charge in [-0.1, -0.05) is 19.4 Å². The fraction of sp³-hybridized carbons (Fsp3) is 0.462. The van der Waals surface area contributed by atoms with Gasteiger partial charge in [-0.25, -0.2) is 4.68 Å². The highest BCUT2D eigenvalue weighted by molar-refractivity contribution is 5.73. The van der Waals surface area contributed by atoms with Crippen molar-refractivity contribution in [3.63, 3.8) is 0 Å². The molecule has 3 rings (SSSR count). The van der Waals surface area contributed by atoms with Crippen LogP contribution in [0, 0.1) is 5.92 Å². The van der Waals surface area contributed by atoms with E-state index in [-0.39, 0.29) is 0 Å². The van der Waals surface area contributed by atoms with E-state index in [1.54, 1.807) is 7.11 Å². The van der Waals surface area contributed by atoms with Gasteiger partial charge >= 0.3 is 0 Å². The van der Waals surface area contributed by atoms with Crippen LogP contribution in [0.5, 0.6) is 5.75 Å². The number of ether oxygens (including phenoxy) is 1. The summed E-state index contributed by atoms with van der Waals surface area (Å²) in [5.74, 6) is 2.03. The zero-order valence-electron chi connectivity index (χ0n) is 11.1. The van der Waals surface area contributed by atoms with Gasteiger partial charge in [-0.3, -0.25) is 0 Å². The largest absolute Gasteiger partial charge is 0.494 e. The van der Waals surface area contributed by atoms with Gasteiger partial charge < -0.3 is 10.5 Å². The average molecular weight is 259 g/mol. The Kier molecular flexibility index (Phi) is 2.85. The first-order valence-electron chi connectivity index (χ1n) is 6.47. The van der Waals surface area contributed by atoms with Crippen molar-refractivity contribution in [2.75, 3.05) is 12.8 Å².